The fraction of sp³-hybridized carbons (Fsp3) is 0.115. The van der Waals surface area contributed by atoms with E-state index >= 15 is 0 Å². The molecule has 1 aliphatic heterocycles. The van der Waals surface area contributed by atoms with Crippen LogP contribution in [0.5, 0.6) is 0 Å². The molecule has 170 valence electrons. The first-order valence-electron chi connectivity index (χ1n) is 10.7. The highest BCUT2D eigenvalue weighted by atomic mass is 79.9. The van der Waals surface area contributed by atoms with Gasteiger partial charge in [0.25, 0.3) is 0 Å². The van der Waals surface area contributed by atoms with Gasteiger partial charge in [0.15, 0.2) is 5.11 Å². The van der Waals surface area contributed by atoms with Gasteiger partial charge in [-0.2, -0.15) is 0 Å². The number of benzene rings is 2. The van der Waals surface area contributed by atoms with Gasteiger partial charge in [0.1, 0.15) is 6.04 Å². The average molecular weight is 533 g/mol. The summed E-state index contributed by atoms with van der Waals surface area (Å²) in [5, 5.41) is 4.09. The van der Waals surface area contributed by atoms with Crippen LogP contribution >= 0.6 is 28.1 Å². The minimum Gasteiger partial charge on any atom is -0.465 e. The van der Waals surface area contributed by atoms with Crippen molar-refractivity contribution in [2.75, 3.05) is 12.0 Å². The van der Waals surface area contributed by atoms with Crippen molar-refractivity contribution in [3.63, 3.8) is 0 Å². The molecule has 0 aliphatic carbocycles. The predicted molar refractivity (Wildman–Crippen MR) is 139 cm³/mol. The summed E-state index contributed by atoms with van der Waals surface area (Å²) in [5.41, 5.74) is 4.02. The summed E-state index contributed by atoms with van der Waals surface area (Å²) in [7, 11) is 1.39. The molecule has 34 heavy (non-hydrogen) atoms. The molecule has 2 unspecified atom stereocenters. The third kappa shape index (κ3) is 3.99. The lowest BCUT2D eigenvalue weighted by atomic mass is 10.0. The van der Waals surface area contributed by atoms with Gasteiger partial charge in [-0.25, -0.2) is 4.79 Å². The van der Waals surface area contributed by atoms with Gasteiger partial charge in [0, 0.05) is 28.2 Å². The first-order valence-corrected chi connectivity index (χ1v) is 11.9. The van der Waals surface area contributed by atoms with Crippen LogP contribution in [0.2, 0.25) is 0 Å². The highest BCUT2D eigenvalue weighted by Gasteiger charge is 2.42. The molecule has 1 saturated heterocycles. The quantitative estimate of drug-likeness (QED) is 0.266. The summed E-state index contributed by atoms with van der Waals surface area (Å²) >= 11 is 9.34. The van der Waals surface area contributed by atoms with E-state index in [0.717, 1.165) is 27.2 Å². The first-order chi connectivity index (χ1) is 16.6. The zero-order chi connectivity index (χ0) is 23.7. The molecule has 2 aromatic heterocycles. The van der Waals surface area contributed by atoms with Gasteiger partial charge < -0.3 is 19.5 Å². The number of anilines is 1. The molecule has 0 radical (unpaired) electrons. The molecule has 0 amide bonds. The van der Waals surface area contributed by atoms with Gasteiger partial charge in [-0.1, -0.05) is 34.1 Å². The molecule has 0 spiro atoms. The Bertz CT molecular complexity index is 1340. The lowest BCUT2D eigenvalue weighted by Gasteiger charge is -2.29. The minimum atomic E-state index is -0.388. The average Bonchev–Trinajstić information content (AvgIpc) is 3.49. The van der Waals surface area contributed by atoms with E-state index in [0.29, 0.717) is 10.7 Å². The van der Waals surface area contributed by atoms with Crippen LogP contribution in [-0.2, 0) is 4.74 Å². The molecule has 3 heterocycles. The zero-order valence-corrected chi connectivity index (χ0v) is 20.7. The number of methoxy groups -OCH3 is 1. The summed E-state index contributed by atoms with van der Waals surface area (Å²) in [6, 6.07) is 24.9. The fourth-order valence-electron chi connectivity index (χ4n) is 4.36. The van der Waals surface area contributed by atoms with Crippen LogP contribution in [0.25, 0.3) is 5.69 Å². The molecule has 6 nitrogen and oxygen atoms in total. The van der Waals surface area contributed by atoms with Gasteiger partial charge in [0.05, 0.1) is 30.1 Å². The fourth-order valence-corrected chi connectivity index (χ4v) is 4.97. The van der Waals surface area contributed by atoms with Crippen LogP contribution in [0.15, 0.2) is 95.7 Å². The molecule has 1 N–H and O–H groups in total. The van der Waals surface area contributed by atoms with E-state index in [9.17, 15) is 4.79 Å². The zero-order valence-electron chi connectivity index (χ0n) is 18.3. The third-order valence-electron chi connectivity index (χ3n) is 5.86. The van der Waals surface area contributed by atoms with Crippen molar-refractivity contribution >= 4 is 44.9 Å². The Labute approximate surface area is 211 Å². The van der Waals surface area contributed by atoms with Gasteiger partial charge in [0.2, 0.25) is 0 Å². The van der Waals surface area contributed by atoms with Crippen molar-refractivity contribution < 1.29 is 9.53 Å². The van der Waals surface area contributed by atoms with Crippen LogP contribution < -0.4 is 10.2 Å². The van der Waals surface area contributed by atoms with Gasteiger partial charge >= 0.3 is 5.97 Å². The van der Waals surface area contributed by atoms with E-state index in [4.69, 9.17) is 17.0 Å². The van der Waals surface area contributed by atoms with Crippen LogP contribution in [0.1, 0.15) is 33.8 Å². The number of pyridine rings is 1. The van der Waals surface area contributed by atoms with Crippen LogP contribution in [0, 0.1) is 0 Å². The van der Waals surface area contributed by atoms with E-state index in [1.165, 1.54) is 7.11 Å². The second kappa shape index (κ2) is 9.40. The van der Waals surface area contributed by atoms with E-state index in [2.05, 4.69) is 37.2 Å². The van der Waals surface area contributed by atoms with E-state index in [-0.39, 0.29) is 18.1 Å². The molecule has 2 aromatic carbocycles. The van der Waals surface area contributed by atoms with Crippen molar-refractivity contribution in [2.45, 2.75) is 12.1 Å². The Kier molecular flexibility index (Phi) is 6.17. The number of rotatable bonds is 5. The number of aromatic nitrogens is 2. The number of nitrogens with zero attached hydrogens (tertiary/aromatic N) is 3. The van der Waals surface area contributed by atoms with Crippen molar-refractivity contribution in [3.8, 4) is 5.69 Å². The SMILES string of the molecule is COC(=O)c1ccccc1-n1cccc1C1C(c2ccccn2)NC(=S)N1c1ccc(Br)cc1. The minimum absolute atomic E-state index is 0.198. The number of halogens is 1. The maximum absolute atomic E-state index is 12.5. The van der Waals surface area contributed by atoms with E-state index < -0.39 is 0 Å². The standard InChI is InChI=1S/C26H21BrN4O2S/c1-33-25(32)19-7-2-3-9-21(19)30-16-6-10-22(30)24-23(20-8-4-5-15-28-20)29-26(34)31(24)18-13-11-17(27)12-14-18/h2-16,23-24H,1H3,(H,29,34). The summed E-state index contributed by atoms with van der Waals surface area (Å²) in [5.74, 6) is -0.388. The van der Waals surface area contributed by atoms with Gasteiger partial charge in [-0.05, 0) is 72.9 Å². The van der Waals surface area contributed by atoms with Crippen molar-refractivity contribution in [1.29, 1.82) is 0 Å². The molecule has 1 fully saturated rings. The third-order valence-corrected chi connectivity index (χ3v) is 6.70. The Morgan fingerprint density at radius 2 is 1.79 bits per heavy atom. The first kappa shape index (κ1) is 22.3. The second-order valence-electron chi connectivity index (χ2n) is 7.78. The maximum atomic E-state index is 12.5. The number of carbonyl (C=O) groups is 1. The molecule has 8 heteroatoms. The predicted octanol–water partition coefficient (Wildman–Crippen LogP) is 5.60. The maximum Gasteiger partial charge on any atom is 0.339 e. The number of nitrogens with one attached hydrogen (secondary N) is 1. The number of para-hydroxylation sites is 1. The molecule has 0 bridgehead atoms. The largest absolute Gasteiger partial charge is 0.465 e. The van der Waals surface area contributed by atoms with Crippen LogP contribution in [0.4, 0.5) is 5.69 Å². The second-order valence-corrected chi connectivity index (χ2v) is 9.09. The molecular formula is C26H21BrN4O2S. The molecule has 0 saturated carbocycles. The summed E-state index contributed by atoms with van der Waals surface area (Å²) in [4.78, 5) is 19.2. The summed E-state index contributed by atoms with van der Waals surface area (Å²) in [6.45, 7) is 0. The van der Waals surface area contributed by atoms with E-state index in [1.54, 1.807) is 12.3 Å². The van der Waals surface area contributed by atoms with Crippen molar-refractivity contribution in [1.82, 2.24) is 14.9 Å². The number of thiocarbonyl (C=S) groups is 1. The molecular weight excluding hydrogens is 512 g/mol. The summed E-state index contributed by atoms with van der Waals surface area (Å²) in [6.07, 6.45) is 3.73. The highest BCUT2D eigenvalue weighted by Crippen LogP contribution is 2.42. The summed E-state index contributed by atoms with van der Waals surface area (Å²) < 4.78 is 8.05. The topological polar surface area (TPSA) is 59.4 Å². The van der Waals surface area contributed by atoms with Crippen LogP contribution in [0.3, 0.4) is 0 Å². The molecule has 4 aromatic rings. The Balaban J connectivity index is 1.69. The van der Waals surface area contributed by atoms with Crippen LogP contribution in [-0.4, -0.2) is 27.7 Å². The number of ether oxygens (including phenoxy) is 1. The number of esters is 1. The Morgan fingerprint density at radius 3 is 2.53 bits per heavy atom. The van der Waals surface area contributed by atoms with E-state index in [1.807, 2.05) is 77.5 Å². The lowest BCUT2D eigenvalue weighted by Crippen LogP contribution is -2.30. The Morgan fingerprint density at radius 1 is 1.03 bits per heavy atom. The highest BCUT2D eigenvalue weighted by molar-refractivity contribution is 9.10. The molecule has 5 rings (SSSR count). The van der Waals surface area contributed by atoms with Crippen molar-refractivity contribution in [3.05, 3.63) is 113 Å². The normalized spacial score (nSPS) is 17.5. The van der Waals surface area contributed by atoms with Gasteiger partial charge in [-0.15, -0.1) is 0 Å². The molecule has 2 atom stereocenters. The lowest BCUT2D eigenvalue weighted by molar-refractivity contribution is 0.0600. The van der Waals surface area contributed by atoms with Crippen molar-refractivity contribution in [2.24, 2.45) is 0 Å². The monoisotopic (exact) mass is 532 g/mol. The number of hydrogen-bond acceptors (Lipinski definition) is 4. The number of hydrogen-bond donors (Lipinski definition) is 1. The Hall–Kier alpha value is -3.49. The molecule has 1 aliphatic rings. The number of carbonyl (C=O) groups excluding carboxylic acids is 1. The smallest absolute Gasteiger partial charge is 0.339 e. The van der Waals surface area contributed by atoms with Gasteiger partial charge in [-0.3, -0.25) is 4.98 Å².